The molecule has 0 aliphatic carbocycles. The van der Waals surface area contributed by atoms with Gasteiger partial charge in [0.25, 0.3) is 5.91 Å². The van der Waals surface area contributed by atoms with Gasteiger partial charge in [0.1, 0.15) is 5.82 Å². The molecule has 182 valence electrons. The molecule has 2 amide bonds. The molecule has 35 heavy (non-hydrogen) atoms. The number of benzene rings is 3. The maximum atomic E-state index is 13.0. The molecule has 0 heterocycles. The van der Waals surface area contributed by atoms with Gasteiger partial charge in [-0.3, -0.25) is 9.59 Å². The second kappa shape index (κ2) is 12.7. The SMILES string of the molecule is CCCCOC(=O)c1ccc(NC(=O)C(C)Sc2ccc(NC(=O)c3ccc(F)cc3)cc2)cc1. The first kappa shape index (κ1) is 26.0. The minimum absolute atomic E-state index is 0.179. The number of unbranched alkanes of at least 4 members (excludes halogenated alkanes) is 1. The molecular weight excluding hydrogens is 467 g/mol. The molecule has 2 N–H and O–H groups in total. The van der Waals surface area contributed by atoms with E-state index in [1.54, 1.807) is 43.3 Å². The lowest BCUT2D eigenvalue weighted by Gasteiger charge is -2.13. The van der Waals surface area contributed by atoms with Crippen molar-refractivity contribution in [3.63, 3.8) is 0 Å². The van der Waals surface area contributed by atoms with Gasteiger partial charge in [-0.05, 0) is 86.1 Å². The average Bonchev–Trinajstić information content (AvgIpc) is 2.86. The number of anilines is 2. The number of carbonyl (C=O) groups excluding carboxylic acids is 3. The monoisotopic (exact) mass is 494 g/mol. The molecule has 0 aliphatic rings. The first-order chi connectivity index (χ1) is 16.9. The van der Waals surface area contributed by atoms with E-state index in [-0.39, 0.29) is 23.0 Å². The van der Waals surface area contributed by atoms with Gasteiger partial charge in [0.05, 0.1) is 17.4 Å². The van der Waals surface area contributed by atoms with Crippen LogP contribution in [0.1, 0.15) is 47.4 Å². The Balaban J connectivity index is 1.49. The maximum Gasteiger partial charge on any atom is 0.338 e. The Bertz CT molecular complexity index is 1150. The van der Waals surface area contributed by atoms with Crippen LogP contribution in [-0.4, -0.2) is 29.6 Å². The summed E-state index contributed by atoms with van der Waals surface area (Å²) in [5.41, 5.74) is 1.98. The third-order valence-electron chi connectivity index (χ3n) is 5.02. The van der Waals surface area contributed by atoms with Gasteiger partial charge in [-0.15, -0.1) is 11.8 Å². The van der Waals surface area contributed by atoms with Crippen molar-refractivity contribution in [3.8, 4) is 0 Å². The minimum atomic E-state index is -0.402. The standard InChI is InChI=1S/C27H27FN2O4S/c1-3-4-17-34-27(33)20-7-11-22(12-8-20)29-25(31)18(2)35-24-15-13-23(14-16-24)30-26(32)19-5-9-21(28)10-6-19/h5-16,18H,3-4,17H2,1-2H3,(H,29,31)(H,30,32). The Labute approximate surface area is 208 Å². The second-order valence-corrected chi connectivity index (χ2v) is 9.22. The van der Waals surface area contributed by atoms with E-state index in [4.69, 9.17) is 4.74 Å². The van der Waals surface area contributed by atoms with Crippen molar-refractivity contribution in [2.75, 3.05) is 17.2 Å². The number of carbonyl (C=O) groups is 3. The molecule has 8 heteroatoms. The Morgan fingerprint density at radius 1 is 0.857 bits per heavy atom. The van der Waals surface area contributed by atoms with Crippen molar-refractivity contribution >= 4 is 40.9 Å². The lowest BCUT2D eigenvalue weighted by molar-refractivity contribution is -0.115. The van der Waals surface area contributed by atoms with E-state index in [2.05, 4.69) is 10.6 Å². The number of amides is 2. The molecule has 1 atom stereocenters. The number of hydrogen-bond acceptors (Lipinski definition) is 5. The third kappa shape index (κ3) is 7.96. The van der Waals surface area contributed by atoms with Crippen LogP contribution in [0.25, 0.3) is 0 Å². The molecule has 3 aromatic rings. The molecule has 6 nitrogen and oxygen atoms in total. The predicted molar refractivity (Wildman–Crippen MR) is 136 cm³/mol. The van der Waals surface area contributed by atoms with Crippen LogP contribution >= 0.6 is 11.8 Å². The number of halogens is 1. The molecule has 3 aromatic carbocycles. The normalized spacial score (nSPS) is 11.4. The quantitative estimate of drug-likeness (QED) is 0.200. The zero-order valence-electron chi connectivity index (χ0n) is 19.5. The van der Waals surface area contributed by atoms with Gasteiger partial charge in [0, 0.05) is 21.8 Å². The van der Waals surface area contributed by atoms with Crippen molar-refractivity contribution in [1.29, 1.82) is 0 Å². The number of rotatable bonds is 10. The largest absolute Gasteiger partial charge is 0.462 e. The summed E-state index contributed by atoms with van der Waals surface area (Å²) in [5.74, 6) is -1.29. The second-order valence-electron chi connectivity index (χ2n) is 7.80. The highest BCUT2D eigenvalue weighted by Crippen LogP contribution is 2.26. The van der Waals surface area contributed by atoms with Crippen LogP contribution in [0.5, 0.6) is 0 Å². The van der Waals surface area contributed by atoms with Crippen LogP contribution in [0.4, 0.5) is 15.8 Å². The van der Waals surface area contributed by atoms with Crippen LogP contribution in [0.3, 0.4) is 0 Å². The smallest absolute Gasteiger partial charge is 0.338 e. The summed E-state index contributed by atoms with van der Waals surface area (Å²) in [6.07, 6.45) is 1.77. The lowest BCUT2D eigenvalue weighted by Crippen LogP contribution is -2.22. The fourth-order valence-corrected chi connectivity index (χ4v) is 3.87. The van der Waals surface area contributed by atoms with Gasteiger partial charge in [-0.2, -0.15) is 0 Å². The summed E-state index contributed by atoms with van der Waals surface area (Å²) in [6, 6.07) is 19.0. The highest BCUT2D eigenvalue weighted by molar-refractivity contribution is 8.00. The fourth-order valence-electron chi connectivity index (χ4n) is 3.01. The van der Waals surface area contributed by atoms with E-state index in [0.717, 1.165) is 17.7 Å². The van der Waals surface area contributed by atoms with E-state index >= 15 is 0 Å². The van der Waals surface area contributed by atoms with Crippen molar-refractivity contribution < 1.29 is 23.5 Å². The van der Waals surface area contributed by atoms with Crippen molar-refractivity contribution in [1.82, 2.24) is 0 Å². The molecule has 0 aliphatic heterocycles. The van der Waals surface area contributed by atoms with Crippen LogP contribution < -0.4 is 10.6 Å². The highest BCUT2D eigenvalue weighted by atomic mass is 32.2. The van der Waals surface area contributed by atoms with Crippen LogP contribution in [0.15, 0.2) is 77.7 Å². The molecule has 0 radical (unpaired) electrons. The van der Waals surface area contributed by atoms with Gasteiger partial charge in [0.2, 0.25) is 5.91 Å². The van der Waals surface area contributed by atoms with Crippen molar-refractivity contribution in [2.45, 2.75) is 36.8 Å². The number of ether oxygens (including phenoxy) is 1. The Kier molecular flexibility index (Phi) is 9.43. The average molecular weight is 495 g/mol. The maximum absolute atomic E-state index is 13.0. The molecule has 0 saturated heterocycles. The Morgan fingerprint density at radius 3 is 2.06 bits per heavy atom. The van der Waals surface area contributed by atoms with Gasteiger partial charge in [-0.1, -0.05) is 13.3 Å². The predicted octanol–water partition coefficient (Wildman–Crippen LogP) is 6.15. The van der Waals surface area contributed by atoms with Crippen LogP contribution in [-0.2, 0) is 9.53 Å². The summed E-state index contributed by atoms with van der Waals surface area (Å²) in [6.45, 7) is 4.21. The lowest BCUT2D eigenvalue weighted by atomic mass is 10.2. The van der Waals surface area contributed by atoms with Crippen LogP contribution in [0, 0.1) is 5.82 Å². The Hall–Kier alpha value is -3.65. The fraction of sp³-hybridized carbons (Fsp3) is 0.222. The summed E-state index contributed by atoms with van der Waals surface area (Å²) in [5, 5.41) is 5.22. The number of nitrogens with one attached hydrogen (secondary N) is 2. The first-order valence-electron chi connectivity index (χ1n) is 11.3. The summed E-state index contributed by atoms with van der Waals surface area (Å²) >= 11 is 1.38. The van der Waals surface area contributed by atoms with Crippen molar-refractivity contribution in [2.24, 2.45) is 0 Å². The molecular formula is C27H27FN2O4S. The molecule has 0 fully saturated rings. The summed E-state index contributed by atoms with van der Waals surface area (Å²) in [7, 11) is 0. The topological polar surface area (TPSA) is 84.5 Å². The number of esters is 1. The van der Waals surface area contributed by atoms with Gasteiger partial charge >= 0.3 is 5.97 Å². The van der Waals surface area contributed by atoms with Gasteiger partial charge < -0.3 is 15.4 Å². The van der Waals surface area contributed by atoms with Crippen LogP contribution in [0.2, 0.25) is 0 Å². The third-order valence-corrected chi connectivity index (χ3v) is 6.13. The summed E-state index contributed by atoms with van der Waals surface area (Å²) in [4.78, 5) is 37.7. The molecule has 1 unspecified atom stereocenters. The van der Waals surface area contributed by atoms with E-state index in [1.165, 1.54) is 36.0 Å². The first-order valence-corrected chi connectivity index (χ1v) is 12.2. The molecule has 0 bridgehead atoms. The highest BCUT2D eigenvalue weighted by Gasteiger charge is 2.15. The van der Waals surface area contributed by atoms with Crippen molar-refractivity contribution in [3.05, 3.63) is 89.7 Å². The van der Waals surface area contributed by atoms with Gasteiger partial charge in [-0.25, -0.2) is 9.18 Å². The molecule has 3 rings (SSSR count). The molecule has 0 aromatic heterocycles. The zero-order valence-corrected chi connectivity index (χ0v) is 20.4. The Morgan fingerprint density at radius 2 is 1.43 bits per heavy atom. The number of hydrogen-bond donors (Lipinski definition) is 2. The molecule has 0 saturated carbocycles. The molecule has 0 spiro atoms. The van der Waals surface area contributed by atoms with Gasteiger partial charge in [0.15, 0.2) is 0 Å². The number of thioether (sulfide) groups is 1. The van der Waals surface area contributed by atoms with E-state index in [9.17, 15) is 18.8 Å². The summed E-state index contributed by atoms with van der Waals surface area (Å²) < 4.78 is 18.2. The van der Waals surface area contributed by atoms with E-state index in [1.807, 2.05) is 19.1 Å². The van der Waals surface area contributed by atoms with E-state index in [0.29, 0.717) is 29.1 Å². The van der Waals surface area contributed by atoms with E-state index < -0.39 is 5.82 Å². The zero-order chi connectivity index (χ0) is 25.2. The minimum Gasteiger partial charge on any atom is -0.462 e.